The Balaban J connectivity index is 1.60. The highest BCUT2D eigenvalue weighted by Gasteiger charge is 2.38. The lowest BCUT2D eigenvalue weighted by molar-refractivity contribution is -0.140. The Morgan fingerprint density at radius 1 is 1.10 bits per heavy atom. The smallest absolute Gasteiger partial charge is 0.260 e. The van der Waals surface area contributed by atoms with Crippen LogP contribution in [0.1, 0.15) is 63.9 Å². The van der Waals surface area contributed by atoms with Gasteiger partial charge in [-0.1, -0.05) is 18.2 Å². The molecule has 1 amide bonds. The average Bonchev–Trinajstić information content (AvgIpc) is 2.77. The van der Waals surface area contributed by atoms with E-state index in [0.717, 1.165) is 37.9 Å². The SMILES string of the molecule is CC(C)S(=O)(=O)N[C@H]1CCCN2C(=O)COc3ccccc3C3CCC(CC3)OC[C@@H]12. The number of carbonyl (C=O) groups excluding carboxylic acids is 1. The summed E-state index contributed by atoms with van der Waals surface area (Å²) < 4.78 is 40.3. The Kier molecular flexibility index (Phi) is 6.89. The van der Waals surface area contributed by atoms with Crippen molar-refractivity contribution in [3.63, 3.8) is 0 Å². The third-order valence-electron chi connectivity index (χ3n) is 6.92. The molecule has 0 radical (unpaired) electrons. The van der Waals surface area contributed by atoms with Gasteiger partial charge in [0.15, 0.2) is 6.61 Å². The lowest BCUT2D eigenvalue weighted by Gasteiger charge is -2.42. The molecule has 2 fully saturated rings. The van der Waals surface area contributed by atoms with Gasteiger partial charge in [0.25, 0.3) is 5.91 Å². The average molecular weight is 451 g/mol. The first kappa shape index (κ1) is 22.6. The maximum atomic E-state index is 13.2. The van der Waals surface area contributed by atoms with Gasteiger partial charge in [-0.2, -0.15) is 0 Å². The number of carbonyl (C=O) groups is 1. The van der Waals surface area contributed by atoms with Crippen molar-refractivity contribution in [2.45, 2.75) is 81.7 Å². The molecule has 1 N–H and O–H groups in total. The summed E-state index contributed by atoms with van der Waals surface area (Å²) in [6.45, 7) is 4.22. The topological polar surface area (TPSA) is 84.9 Å². The minimum absolute atomic E-state index is 0.0483. The number of piperidine rings is 1. The first-order chi connectivity index (χ1) is 14.8. The van der Waals surface area contributed by atoms with Crippen molar-refractivity contribution in [3.05, 3.63) is 29.8 Å². The van der Waals surface area contributed by atoms with Crippen LogP contribution in [0, 0.1) is 0 Å². The fraction of sp³-hybridized carbons (Fsp3) is 0.696. The van der Waals surface area contributed by atoms with E-state index in [1.807, 2.05) is 18.2 Å². The number of para-hydroxylation sites is 1. The van der Waals surface area contributed by atoms with Crippen LogP contribution in [-0.2, 0) is 19.6 Å². The van der Waals surface area contributed by atoms with Crippen LogP contribution in [0.2, 0.25) is 0 Å². The second-order valence-corrected chi connectivity index (χ2v) is 11.5. The fourth-order valence-electron chi connectivity index (χ4n) is 5.00. The van der Waals surface area contributed by atoms with E-state index in [9.17, 15) is 13.2 Å². The Hall–Kier alpha value is -1.64. The summed E-state index contributed by atoms with van der Waals surface area (Å²) in [5, 5.41) is -0.524. The number of nitrogens with zero attached hydrogens (tertiary/aromatic N) is 1. The summed E-state index contributed by atoms with van der Waals surface area (Å²) in [6, 6.07) is 7.34. The van der Waals surface area contributed by atoms with E-state index < -0.39 is 15.3 Å². The minimum atomic E-state index is -3.45. The van der Waals surface area contributed by atoms with Gasteiger partial charge in [-0.3, -0.25) is 4.79 Å². The quantitative estimate of drug-likeness (QED) is 0.766. The molecule has 5 rings (SSSR count). The van der Waals surface area contributed by atoms with Crippen LogP contribution in [-0.4, -0.2) is 62.4 Å². The van der Waals surface area contributed by atoms with Gasteiger partial charge >= 0.3 is 0 Å². The van der Waals surface area contributed by atoms with Gasteiger partial charge in [0, 0.05) is 12.6 Å². The maximum Gasteiger partial charge on any atom is 0.260 e. The molecule has 0 spiro atoms. The van der Waals surface area contributed by atoms with E-state index in [4.69, 9.17) is 9.47 Å². The zero-order valence-electron chi connectivity index (χ0n) is 18.5. The van der Waals surface area contributed by atoms with Gasteiger partial charge in [-0.15, -0.1) is 0 Å². The molecule has 0 unspecified atom stereocenters. The number of nitrogens with one attached hydrogen (secondary N) is 1. The number of hydrogen-bond donors (Lipinski definition) is 1. The summed E-state index contributed by atoms with van der Waals surface area (Å²) in [6.07, 6.45) is 5.55. The van der Waals surface area contributed by atoms with Crippen molar-refractivity contribution in [1.29, 1.82) is 0 Å². The number of ether oxygens (including phenoxy) is 2. The van der Waals surface area contributed by atoms with Gasteiger partial charge in [-0.05, 0) is 69.9 Å². The highest BCUT2D eigenvalue weighted by atomic mass is 32.2. The number of rotatable bonds is 3. The highest BCUT2D eigenvalue weighted by molar-refractivity contribution is 7.90. The lowest BCUT2D eigenvalue weighted by atomic mass is 9.82. The zero-order valence-corrected chi connectivity index (χ0v) is 19.3. The molecular weight excluding hydrogens is 416 g/mol. The van der Waals surface area contributed by atoms with Gasteiger partial charge in [0.1, 0.15) is 5.75 Å². The monoisotopic (exact) mass is 450 g/mol. The van der Waals surface area contributed by atoms with E-state index >= 15 is 0 Å². The lowest BCUT2D eigenvalue weighted by Crippen LogP contribution is -2.60. The molecule has 1 aromatic carbocycles. The molecular formula is C23H34N2O5S. The van der Waals surface area contributed by atoms with Crippen LogP contribution >= 0.6 is 0 Å². The van der Waals surface area contributed by atoms with Crippen molar-refractivity contribution < 1.29 is 22.7 Å². The third kappa shape index (κ3) is 5.07. The van der Waals surface area contributed by atoms with E-state index in [1.54, 1.807) is 18.7 Å². The van der Waals surface area contributed by atoms with Crippen molar-refractivity contribution >= 4 is 15.9 Å². The van der Waals surface area contributed by atoms with Gasteiger partial charge in [0.05, 0.1) is 24.0 Å². The van der Waals surface area contributed by atoms with Crippen LogP contribution in [0.15, 0.2) is 24.3 Å². The second kappa shape index (κ2) is 9.46. The van der Waals surface area contributed by atoms with Gasteiger partial charge in [0.2, 0.25) is 10.0 Å². The maximum absolute atomic E-state index is 13.2. The minimum Gasteiger partial charge on any atom is -0.483 e. The standard InChI is InChI=1S/C23H34N2O5S/c1-16(2)31(27,28)24-20-7-5-13-25-21(20)14-29-18-11-9-17(10-12-18)19-6-3-4-8-22(19)30-15-23(25)26/h3-4,6,8,16-18,20-21,24H,5,7,9-15H2,1-2H3/t17?,18?,20-,21-/m0/s1. The predicted molar refractivity (Wildman–Crippen MR) is 119 cm³/mol. The largest absolute Gasteiger partial charge is 0.483 e. The van der Waals surface area contributed by atoms with Gasteiger partial charge in [-0.25, -0.2) is 13.1 Å². The Labute approximate surface area is 185 Å². The molecule has 1 saturated carbocycles. The molecule has 3 aliphatic heterocycles. The van der Waals surface area contributed by atoms with E-state index in [-0.39, 0.29) is 30.7 Å². The second-order valence-electron chi connectivity index (χ2n) is 9.25. The zero-order chi connectivity index (χ0) is 22.0. The number of fused-ring (bicyclic) bond motifs is 5. The highest BCUT2D eigenvalue weighted by Crippen LogP contribution is 2.38. The molecule has 31 heavy (non-hydrogen) atoms. The Bertz CT molecular complexity index is 880. The van der Waals surface area contributed by atoms with Crippen LogP contribution in [0.3, 0.4) is 0 Å². The molecule has 8 heteroatoms. The molecule has 4 aliphatic rings. The van der Waals surface area contributed by atoms with Crippen LogP contribution in [0.25, 0.3) is 0 Å². The molecule has 1 aliphatic carbocycles. The van der Waals surface area contributed by atoms with Crippen molar-refractivity contribution in [3.8, 4) is 5.75 Å². The molecule has 0 aromatic heterocycles. The number of sulfonamides is 1. The Morgan fingerprint density at radius 3 is 2.58 bits per heavy atom. The summed E-state index contributed by atoms with van der Waals surface area (Å²) in [4.78, 5) is 14.9. The van der Waals surface area contributed by atoms with E-state index in [2.05, 4.69) is 10.8 Å². The first-order valence-electron chi connectivity index (χ1n) is 11.5. The van der Waals surface area contributed by atoms with E-state index in [1.165, 1.54) is 5.56 Å². The summed E-state index contributed by atoms with van der Waals surface area (Å²) in [5.41, 5.74) is 1.17. The number of hydrogen-bond acceptors (Lipinski definition) is 5. The van der Waals surface area contributed by atoms with Crippen molar-refractivity contribution in [1.82, 2.24) is 9.62 Å². The van der Waals surface area contributed by atoms with E-state index in [0.29, 0.717) is 25.5 Å². The van der Waals surface area contributed by atoms with Crippen molar-refractivity contribution in [2.24, 2.45) is 0 Å². The first-order valence-corrected chi connectivity index (χ1v) is 13.0. The molecule has 2 bridgehead atoms. The predicted octanol–water partition coefficient (Wildman–Crippen LogP) is 2.81. The van der Waals surface area contributed by atoms with Crippen LogP contribution in [0.4, 0.5) is 0 Å². The molecule has 2 atom stereocenters. The molecule has 172 valence electrons. The van der Waals surface area contributed by atoms with Crippen molar-refractivity contribution in [2.75, 3.05) is 19.8 Å². The molecule has 1 saturated heterocycles. The fourth-order valence-corrected chi connectivity index (χ4v) is 5.97. The summed E-state index contributed by atoms with van der Waals surface area (Å²) >= 11 is 0. The summed E-state index contributed by atoms with van der Waals surface area (Å²) in [5.74, 6) is 1.08. The molecule has 7 nitrogen and oxygen atoms in total. The Morgan fingerprint density at radius 2 is 1.84 bits per heavy atom. The third-order valence-corrected chi connectivity index (χ3v) is 8.79. The van der Waals surface area contributed by atoms with Gasteiger partial charge < -0.3 is 14.4 Å². The number of amides is 1. The summed E-state index contributed by atoms with van der Waals surface area (Å²) in [7, 11) is -3.45. The molecule has 1 aromatic rings. The van der Waals surface area contributed by atoms with Crippen LogP contribution < -0.4 is 9.46 Å². The molecule has 3 heterocycles. The normalized spacial score (nSPS) is 29.9. The van der Waals surface area contributed by atoms with Crippen LogP contribution in [0.5, 0.6) is 5.75 Å². The number of benzene rings is 1.